The molecule has 0 amide bonds. The molecule has 0 bridgehead atoms. The van der Waals surface area contributed by atoms with E-state index in [1.807, 2.05) is 24.4 Å². The number of nitrogens with zero attached hydrogens (tertiary/aromatic N) is 2. The Bertz CT molecular complexity index is 1910. The number of oxazole rings is 1. The van der Waals surface area contributed by atoms with E-state index in [-0.39, 0.29) is 12.0 Å². The molecule has 0 N–H and O–H groups in total. The van der Waals surface area contributed by atoms with E-state index in [1.54, 1.807) is 0 Å². The minimum Gasteiger partial charge on any atom is -0.467 e. The van der Waals surface area contributed by atoms with E-state index in [2.05, 4.69) is 85.0 Å². The summed E-state index contributed by atoms with van der Waals surface area (Å²) in [5.41, 5.74) is 3.20. The Morgan fingerprint density at radius 1 is 0.737 bits per heavy atom. The first kappa shape index (κ1) is 21.4. The maximum absolute atomic E-state index is 6.39. The Balaban J connectivity index is 1.25. The van der Waals surface area contributed by atoms with Crippen molar-refractivity contribution in [1.82, 2.24) is 4.98 Å². The molecule has 6 aromatic rings. The summed E-state index contributed by atoms with van der Waals surface area (Å²) in [5.74, 6) is 2.51. The molecule has 2 atom stereocenters. The second-order valence-corrected chi connectivity index (χ2v) is 10.0. The predicted octanol–water partition coefficient (Wildman–Crippen LogP) is 8.36. The van der Waals surface area contributed by atoms with Crippen LogP contribution in [0.4, 0.5) is 0 Å². The van der Waals surface area contributed by atoms with Crippen LogP contribution in [0.1, 0.15) is 35.3 Å². The van der Waals surface area contributed by atoms with Gasteiger partial charge in [0.1, 0.15) is 11.9 Å². The van der Waals surface area contributed by atoms with Crippen LogP contribution < -0.4 is 0 Å². The van der Waals surface area contributed by atoms with Crippen LogP contribution >= 0.6 is 0 Å². The van der Waals surface area contributed by atoms with Crippen molar-refractivity contribution in [3.63, 3.8) is 0 Å². The van der Waals surface area contributed by atoms with Crippen LogP contribution in [0.25, 0.3) is 43.8 Å². The molecule has 38 heavy (non-hydrogen) atoms. The van der Waals surface area contributed by atoms with E-state index in [1.165, 1.54) is 21.5 Å². The normalized spacial score (nSPS) is 19.0. The summed E-state index contributed by atoms with van der Waals surface area (Å²) in [4.78, 5) is 9.52. The SMILES string of the molecule is C1=CCC(c2cnc(-c3ccc4ccc5c(C6=NCC(c7ccccc7)O6)ccc6ccc3c4c65)o2)C=C1. The molecule has 0 saturated carbocycles. The highest BCUT2D eigenvalue weighted by Gasteiger charge is 2.25. The molecule has 182 valence electrons. The molecular formula is C34H24N2O2. The van der Waals surface area contributed by atoms with Gasteiger partial charge in [-0.3, -0.25) is 0 Å². The molecule has 1 aromatic heterocycles. The summed E-state index contributed by atoms with van der Waals surface area (Å²) in [7, 11) is 0. The lowest BCUT2D eigenvalue weighted by Crippen LogP contribution is -2.07. The van der Waals surface area contributed by atoms with Crippen LogP contribution in [0.5, 0.6) is 0 Å². The minimum atomic E-state index is -0.0509. The molecule has 4 nitrogen and oxygen atoms in total. The Morgan fingerprint density at radius 3 is 2.24 bits per heavy atom. The van der Waals surface area contributed by atoms with Gasteiger partial charge in [-0.2, -0.15) is 0 Å². The molecule has 2 unspecified atom stereocenters. The fourth-order valence-electron chi connectivity index (χ4n) is 5.91. The molecule has 5 aromatic carbocycles. The lowest BCUT2D eigenvalue weighted by molar-refractivity contribution is 0.230. The van der Waals surface area contributed by atoms with Gasteiger partial charge in [-0.15, -0.1) is 0 Å². The number of aromatic nitrogens is 1. The lowest BCUT2D eigenvalue weighted by Gasteiger charge is -2.16. The molecule has 8 rings (SSSR count). The van der Waals surface area contributed by atoms with Gasteiger partial charge in [-0.1, -0.05) is 91.0 Å². The maximum Gasteiger partial charge on any atom is 0.226 e. The summed E-state index contributed by atoms with van der Waals surface area (Å²) in [6, 6.07) is 27.7. The van der Waals surface area contributed by atoms with Crippen LogP contribution in [-0.4, -0.2) is 17.4 Å². The molecule has 0 fully saturated rings. The smallest absolute Gasteiger partial charge is 0.226 e. The largest absolute Gasteiger partial charge is 0.467 e. The highest BCUT2D eigenvalue weighted by atomic mass is 16.5. The quantitative estimate of drug-likeness (QED) is 0.232. The van der Waals surface area contributed by atoms with Crippen molar-refractivity contribution in [2.45, 2.75) is 18.4 Å². The van der Waals surface area contributed by atoms with E-state index in [9.17, 15) is 0 Å². The van der Waals surface area contributed by atoms with Crippen LogP contribution in [0, 0.1) is 0 Å². The maximum atomic E-state index is 6.39. The third-order valence-corrected chi connectivity index (χ3v) is 7.82. The van der Waals surface area contributed by atoms with Crippen molar-refractivity contribution in [3.05, 3.63) is 126 Å². The van der Waals surface area contributed by atoms with Gasteiger partial charge < -0.3 is 9.15 Å². The van der Waals surface area contributed by atoms with Gasteiger partial charge in [0.2, 0.25) is 11.8 Å². The van der Waals surface area contributed by atoms with Crippen molar-refractivity contribution < 1.29 is 9.15 Å². The Labute approximate surface area is 219 Å². The van der Waals surface area contributed by atoms with E-state index in [0.717, 1.165) is 39.6 Å². The number of hydrogen-bond donors (Lipinski definition) is 0. The third kappa shape index (κ3) is 3.30. The van der Waals surface area contributed by atoms with Crippen molar-refractivity contribution >= 4 is 38.2 Å². The van der Waals surface area contributed by atoms with Gasteiger partial charge in [0.15, 0.2) is 0 Å². The average molecular weight is 493 g/mol. The number of hydrogen-bond acceptors (Lipinski definition) is 4. The van der Waals surface area contributed by atoms with E-state index in [0.29, 0.717) is 18.3 Å². The first-order valence-electron chi connectivity index (χ1n) is 13.1. The highest BCUT2D eigenvalue weighted by molar-refractivity contribution is 6.28. The van der Waals surface area contributed by atoms with Gasteiger partial charge in [0.05, 0.1) is 12.7 Å². The van der Waals surface area contributed by atoms with Crippen molar-refractivity contribution in [2.24, 2.45) is 4.99 Å². The first-order valence-corrected chi connectivity index (χ1v) is 13.1. The van der Waals surface area contributed by atoms with Gasteiger partial charge in [0.25, 0.3) is 0 Å². The van der Waals surface area contributed by atoms with Gasteiger partial charge in [-0.05, 0) is 56.4 Å². The number of benzene rings is 5. The number of allylic oxidation sites excluding steroid dienone is 4. The Morgan fingerprint density at radius 2 is 1.47 bits per heavy atom. The van der Waals surface area contributed by atoms with Gasteiger partial charge in [-0.25, -0.2) is 9.98 Å². The summed E-state index contributed by atoms with van der Waals surface area (Å²) >= 11 is 0. The average Bonchev–Trinajstić information content (AvgIpc) is 3.68. The zero-order chi connectivity index (χ0) is 25.1. The van der Waals surface area contributed by atoms with Crippen LogP contribution in [0.2, 0.25) is 0 Å². The summed E-state index contributed by atoms with van der Waals surface area (Å²) < 4.78 is 12.7. The molecule has 2 aliphatic rings. The topological polar surface area (TPSA) is 47.6 Å². The van der Waals surface area contributed by atoms with Gasteiger partial charge in [0, 0.05) is 17.0 Å². The van der Waals surface area contributed by atoms with Crippen molar-refractivity contribution in [3.8, 4) is 11.5 Å². The molecule has 0 radical (unpaired) electrons. The van der Waals surface area contributed by atoms with E-state index < -0.39 is 0 Å². The first-order chi connectivity index (χ1) is 18.8. The molecule has 0 spiro atoms. The zero-order valence-electron chi connectivity index (χ0n) is 20.7. The summed E-state index contributed by atoms with van der Waals surface area (Å²) in [5, 5.41) is 7.13. The summed E-state index contributed by atoms with van der Waals surface area (Å²) in [6.45, 7) is 0.629. The number of ether oxygens (including phenoxy) is 1. The lowest BCUT2D eigenvalue weighted by atomic mass is 9.90. The Kier molecular flexibility index (Phi) is 4.74. The number of rotatable bonds is 4. The van der Waals surface area contributed by atoms with Crippen LogP contribution in [0.3, 0.4) is 0 Å². The number of aliphatic imine (C=N–C) groups is 1. The predicted molar refractivity (Wildman–Crippen MR) is 153 cm³/mol. The molecule has 2 heterocycles. The Hall–Kier alpha value is -4.70. The van der Waals surface area contributed by atoms with Gasteiger partial charge >= 0.3 is 0 Å². The van der Waals surface area contributed by atoms with E-state index in [4.69, 9.17) is 19.1 Å². The molecular weight excluding hydrogens is 468 g/mol. The summed E-state index contributed by atoms with van der Waals surface area (Å²) in [6.07, 6.45) is 11.2. The van der Waals surface area contributed by atoms with Crippen molar-refractivity contribution in [2.75, 3.05) is 6.54 Å². The molecule has 1 aliphatic heterocycles. The minimum absolute atomic E-state index is 0.0509. The second-order valence-electron chi connectivity index (χ2n) is 10.0. The molecule has 1 aliphatic carbocycles. The second kappa shape index (κ2) is 8.42. The standard InChI is InChI=1S/C34H24N2O2/c1-3-7-21(8-4-1)29-19-35-33(37-29)27-17-13-23-12-16-26-28(18-14-24-11-15-25(27)31(23)32(24)26)34-36-20-30(38-34)22-9-5-2-6-10-22/h1-9,11-18,20,22,29H,10,19H2. The highest BCUT2D eigenvalue weighted by Crippen LogP contribution is 2.41. The zero-order valence-corrected chi connectivity index (χ0v) is 20.7. The van der Waals surface area contributed by atoms with E-state index >= 15 is 0 Å². The monoisotopic (exact) mass is 492 g/mol. The van der Waals surface area contributed by atoms with Crippen molar-refractivity contribution in [1.29, 1.82) is 0 Å². The molecule has 0 saturated heterocycles. The fraction of sp³-hybridized carbons (Fsp3) is 0.118. The fourth-order valence-corrected chi connectivity index (χ4v) is 5.91. The molecule has 4 heteroatoms. The third-order valence-electron chi connectivity index (χ3n) is 7.82. The van der Waals surface area contributed by atoms with Crippen LogP contribution in [-0.2, 0) is 4.74 Å². The van der Waals surface area contributed by atoms with Crippen LogP contribution in [0.15, 0.2) is 119 Å².